The van der Waals surface area contributed by atoms with Crippen LogP contribution in [0, 0.1) is 5.92 Å². The molecule has 2 rings (SSSR count). The fourth-order valence-corrected chi connectivity index (χ4v) is 4.72. The van der Waals surface area contributed by atoms with E-state index in [1.165, 1.54) is 24.8 Å². The minimum absolute atomic E-state index is 0.175. The number of rotatable bonds is 6. The second kappa shape index (κ2) is 6.59. The van der Waals surface area contributed by atoms with Crippen molar-refractivity contribution in [2.45, 2.75) is 65.0 Å². The van der Waals surface area contributed by atoms with Crippen molar-refractivity contribution in [2.75, 3.05) is 13.1 Å². The maximum absolute atomic E-state index is 6.27. The third kappa shape index (κ3) is 2.81. The Balaban J connectivity index is 2.26. The SMILES string of the molecule is CCC(C)CC(CC)(CN)N1CCc2sccc2C1C. The molecule has 1 aromatic rings. The van der Waals surface area contributed by atoms with Crippen molar-refractivity contribution in [3.05, 3.63) is 21.9 Å². The van der Waals surface area contributed by atoms with Gasteiger partial charge in [-0.1, -0.05) is 27.2 Å². The van der Waals surface area contributed by atoms with E-state index < -0.39 is 0 Å². The Morgan fingerprint density at radius 2 is 2.25 bits per heavy atom. The van der Waals surface area contributed by atoms with Crippen LogP contribution < -0.4 is 5.73 Å². The van der Waals surface area contributed by atoms with Gasteiger partial charge in [-0.15, -0.1) is 11.3 Å². The van der Waals surface area contributed by atoms with Gasteiger partial charge < -0.3 is 5.73 Å². The van der Waals surface area contributed by atoms with Crippen LogP contribution in [0.1, 0.15) is 63.4 Å². The number of fused-ring (bicyclic) bond motifs is 1. The molecule has 114 valence electrons. The van der Waals surface area contributed by atoms with Crippen molar-refractivity contribution in [2.24, 2.45) is 11.7 Å². The average Bonchev–Trinajstić information content (AvgIpc) is 2.95. The van der Waals surface area contributed by atoms with Crippen molar-refractivity contribution in [3.63, 3.8) is 0 Å². The lowest BCUT2D eigenvalue weighted by Crippen LogP contribution is -2.56. The van der Waals surface area contributed by atoms with Gasteiger partial charge in [-0.3, -0.25) is 4.90 Å². The molecule has 3 unspecified atom stereocenters. The van der Waals surface area contributed by atoms with Gasteiger partial charge in [0.1, 0.15) is 0 Å². The van der Waals surface area contributed by atoms with Gasteiger partial charge in [-0.2, -0.15) is 0 Å². The molecule has 3 atom stereocenters. The van der Waals surface area contributed by atoms with E-state index >= 15 is 0 Å². The van der Waals surface area contributed by atoms with Crippen LogP contribution in [0.15, 0.2) is 11.4 Å². The molecule has 0 aliphatic carbocycles. The molecule has 1 aliphatic rings. The first-order chi connectivity index (χ1) is 9.57. The molecular formula is C17H30N2S. The topological polar surface area (TPSA) is 29.3 Å². The molecule has 2 heterocycles. The Kier molecular flexibility index (Phi) is 5.27. The van der Waals surface area contributed by atoms with Gasteiger partial charge in [0.05, 0.1) is 0 Å². The van der Waals surface area contributed by atoms with Crippen LogP contribution in [0.25, 0.3) is 0 Å². The number of nitrogens with two attached hydrogens (primary N) is 1. The van der Waals surface area contributed by atoms with Crippen molar-refractivity contribution >= 4 is 11.3 Å². The van der Waals surface area contributed by atoms with Crippen molar-refractivity contribution < 1.29 is 0 Å². The summed E-state index contributed by atoms with van der Waals surface area (Å²) < 4.78 is 0. The van der Waals surface area contributed by atoms with Crippen LogP contribution in [0.4, 0.5) is 0 Å². The molecule has 0 saturated carbocycles. The first-order valence-electron chi connectivity index (χ1n) is 8.11. The molecule has 0 amide bonds. The largest absolute Gasteiger partial charge is 0.329 e. The van der Waals surface area contributed by atoms with Crippen LogP contribution in [0.5, 0.6) is 0 Å². The quantitative estimate of drug-likeness (QED) is 0.851. The molecule has 0 radical (unpaired) electrons. The maximum atomic E-state index is 6.27. The maximum Gasteiger partial charge on any atom is 0.0337 e. The summed E-state index contributed by atoms with van der Waals surface area (Å²) in [6, 6.07) is 2.83. The van der Waals surface area contributed by atoms with E-state index in [0.29, 0.717) is 6.04 Å². The van der Waals surface area contributed by atoms with Crippen LogP contribution in [-0.4, -0.2) is 23.5 Å². The van der Waals surface area contributed by atoms with E-state index in [-0.39, 0.29) is 5.54 Å². The molecule has 0 bridgehead atoms. The van der Waals surface area contributed by atoms with E-state index in [0.717, 1.165) is 25.4 Å². The van der Waals surface area contributed by atoms with Gasteiger partial charge >= 0.3 is 0 Å². The summed E-state index contributed by atoms with van der Waals surface area (Å²) >= 11 is 1.92. The third-order valence-corrected chi connectivity index (χ3v) is 6.35. The lowest BCUT2D eigenvalue weighted by atomic mass is 9.80. The molecule has 20 heavy (non-hydrogen) atoms. The predicted molar refractivity (Wildman–Crippen MR) is 89.3 cm³/mol. The van der Waals surface area contributed by atoms with E-state index in [9.17, 15) is 0 Å². The zero-order chi connectivity index (χ0) is 14.8. The Bertz CT molecular complexity index is 422. The molecule has 3 heteroatoms. The second-order valence-electron chi connectivity index (χ2n) is 6.42. The number of nitrogens with zero attached hydrogens (tertiary/aromatic N) is 1. The van der Waals surface area contributed by atoms with E-state index in [1.54, 1.807) is 4.88 Å². The van der Waals surface area contributed by atoms with E-state index in [4.69, 9.17) is 5.73 Å². The van der Waals surface area contributed by atoms with E-state index in [1.807, 2.05) is 11.3 Å². The van der Waals surface area contributed by atoms with Gasteiger partial charge in [0, 0.05) is 29.5 Å². The molecule has 0 fully saturated rings. The molecule has 1 aliphatic heterocycles. The fourth-order valence-electron chi connectivity index (χ4n) is 3.76. The number of hydrogen-bond donors (Lipinski definition) is 1. The minimum atomic E-state index is 0.175. The van der Waals surface area contributed by atoms with Crippen LogP contribution in [-0.2, 0) is 6.42 Å². The van der Waals surface area contributed by atoms with Crippen LogP contribution >= 0.6 is 11.3 Å². The molecule has 0 saturated heterocycles. The molecule has 2 nitrogen and oxygen atoms in total. The lowest BCUT2D eigenvalue weighted by molar-refractivity contribution is 0.0256. The number of thiophene rings is 1. The van der Waals surface area contributed by atoms with Crippen LogP contribution in [0.2, 0.25) is 0 Å². The summed E-state index contributed by atoms with van der Waals surface area (Å²) in [7, 11) is 0. The summed E-state index contributed by atoms with van der Waals surface area (Å²) in [5.41, 5.74) is 7.98. The standard InChI is InChI=1S/C17H30N2S/c1-5-13(3)11-17(6-2,12-18)19-9-7-16-15(14(19)4)8-10-20-16/h8,10,13-14H,5-7,9,11-12,18H2,1-4H3. The highest BCUT2D eigenvalue weighted by Crippen LogP contribution is 2.40. The Morgan fingerprint density at radius 3 is 2.85 bits per heavy atom. The highest BCUT2D eigenvalue weighted by Gasteiger charge is 2.40. The summed E-state index contributed by atoms with van der Waals surface area (Å²) in [6.45, 7) is 11.3. The first kappa shape index (κ1) is 16.0. The first-order valence-corrected chi connectivity index (χ1v) is 8.99. The zero-order valence-electron chi connectivity index (χ0n) is 13.5. The fraction of sp³-hybridized carbons (Fsp3) is 0.765. The van der Waals surface area contributed by atoms with Crippen LogP contribution in [0.3, 0.4) is 0 Å². The number of hydrogen-bond acceptors (Lipinski definition) is 3. The molecular weight excluding hydrogens is 264 g/mol. The van der Waals surface area contributed by atoms with Crippen molar-refractivity contribution in [3.8, 4) is 0 Å². The Morgan fingerprint density at radius 1 is 1.50 bits per heavy atom. The molecule has 1 aromatic heterocycles. The van der Waals surface area contributed by atoms with Crippen molar-refractivity contribution in [1.29, 1.82) is 0 Å². The zero-order valence-corrected chi connectivity index (χ0v) is 14.3. The second-order valence-corrected chi connectivity index (χ2v) is 7.42. The molecule has 2 N–H and O–H groups in total. The van der Waals surface area contributed by atoms with Gasteiger partial charge in [0.15, 0.2) is 0 Å². The average molecular weight is 295 g/mol. The Hall–Kier alpha value is -0.380. The monoisotopic (exact) mass is 294 g/mol. The smallest absolute Gasteiger partial charge is 0.0337 e. The van der Waals surface area contributed by atoms with E-state index in [2.05, 4.69) is 44.0 Å². The predicted octanol–water partition coefficient (Wildman–Crippen LogP) is 4.21. The minimum Gasteiger partial charge on any atom is -0.329 e. The molecule has 0 aromatic carbocycles. The van der Waals surface area contributed by atoms with Gasteiger partial charge in [-0.25, -0.2) is 0 Å². The van der Waals surface area contributed by atoms with Gasteiger partial charge in [0.25, 0.3) is 0 Å². The summed E-state index contributed by atoms with van der Waals surface area (Å²) in [5, 5.41) is 2.25. The highest BCUT2D eigenvalue weighted by molar-refractivity contribution is 7.10. The molecule has 0 spiro atoms. The lowest BCUT2D eigenvalue weighted by Gasteiger charge is -2.49. The normalized spacial score (nSPS) is 24.1. The van der Waals surface area contributed by atoms with Gasteiger partial charge in [-0.05, 0) is 49.1 Å². The Labute approximate surface area is 128 Å². The summed E-state index contributed by atoms with van der Waals surface area (Å²) in [5.74, 6) is 0.745. The summed E-state index contributed by atoms with van der Waals surface area (Å²) in [4.78, 5) is 4.29. The van der Waals surface area contributed by atoms with Gasteiger partial charge in [0.2, 0.25) is 0 Å². The highest BCUT2D eigenvalue weighted by atomic mass is 32.1. The van der Waals surface area contributed by atoms with Crippen molar-refractivity contribution in [1.82, 2.24) is 4.90 Å². The summed E-state index contributed by atoms with van der Waals surface area (Å²) in [6.07, 6.45) is 4.81. The third-order valence-electron chi connectivity index (χ3n) is 5.35.